The lowest BCUT2D eigenvalue weighted by Crippen LogP contribution is -1.99. The molecule has 2 nitrogen and oxygen atoms in total. The van der Waals surface area contributed by atoms with Crippen LogP contribution in [0.5, 0.6) is 0 Å². The number of hydrogen-bond donors (Lipinski definition) is 1. The van der Waals surface area contributed by atoms with Crippen molar-refractivity contribution >= 4 is 16.6 Å². The number of nitrogens with one attached hydrogen (secondary N) is 1. The van der Waals surface area contributed by atoms with Gasteiger partial charge in [-0.1, -0.05) is 12.6 Å². The third-order valence-corrected chi connectivity index (χ3v) is 2.60. The molecule has 15 heavy (non-hydrogen) atoms. The minimum atomic E-state index is 0.515. The summed E-state index contributed by atoms with van der Waals surface area (Å²) < 4.78 is 2.07. The Bertz CT molecular complexity index is 547. The molecule has 0 atom stereocenters. The average molecular weight is 198 g/mol. The summed E-state index contributed by atoms with van der Waals surface area (Å²) in [5.41, 5.74) is 3.43. The SMILES string of the molecule is C=C(C)C(=N)c1ccc2c(ccn2C)c1. The molecule has 1 heterocycles. The fourth-order valence-electron chi connectivity index (χ4n) is 1.68. The summed E-state index contributed by atoms with van der Waals surface area (Å²) in [6.07, 6.45) is 2.03. The monoisotopic (exact) mass is 198 g/mol. The second-order valence-electron chi connectivity index (χ2n) is 3.86. The molecular formula is C13H14N2. The van der Waals surface area contributed by atoms with E-state index in [0.717, 1.165) is 11.1 Å². The molecular weight excluding hydrogens is 184 g/mol. The summed E-state index contributed by atoms with van der Waals surface area (Å²) in [5, 5.41) is 9.03. The van der Waals surface area contributed by atoms with E-state index in [-0.39, 0.29) is 0 Å². The molecule has 0 aliphatic carbocycles. The van der Waals surface area contributed by atoms with Gasteiger partial charge in [-0.2, -0.15) is 0 Å². The summed E-state index contributed by atoms with van der Waals surface area (Å²) in [4.78, 5) is 0. The highest BCUT2D eigenvalue weighted by Gasteiger charge is 2.04. The molecule has 0 saturated carbocycles. The van der Waals surface area contributed by atoms with E-state index < -0.39 is 0 Å². The second-order valence-corrected chi connectivity index (χ2v) is 3.86. The van der Waals surface area contributed by atoms with Gasteiger partial charge in [0.05, 0.1) is 5.71 Å². The first-order valence-corrected chi connectivity index (χ1v) is 4.89. The van der Waals surface area contributed by atoms with Crippen LogP contribution in [0, 0.1) is 5.41 Å². The van der Waals surface area contributed by atoms with Crippen LogP contribution in [0.15, 0.2) is 42.6 Å². The fraction of sp³-hybridized carbons (Fsp3) is 0.154. The van der Waals surface area contributed by atoms with Gasteiger partial charge in [0, 0.05) is 29.7 Å². The number of benzene rings is 1. The molecule has 0 radical (unpaired) electrons. The summed E-state index contributed by atoms with van der Waals surface area (Å²) >= 11 is 0. The maximum absolute atomic E-state index is 7.86. The van der Waals surface area contributed by atoms with Crippen molar-refractivity contribution in [3.63, 3.8) is 0 Å². The molecule has 0 bridgehead atoms. The zero-order valence-corrected chi connectivity index (χ0v) is 9.04. The van der Waals surface area contributed by atoms with Gasteiger partial charge >= 0.3 is 0 Å². The third-order valence-electron chi connectivity index (χ3n) is 2.60. The largest absolute Gasteiger partial charge is 0.351 e. The molecule has 1 aromatic carbocycles. The Morgan fingerprint density at radius 1 is 1.33 bits per heavy atom. The highest BCUT2D eigenvalue weighted by Crippen LogP contribution is 2.18. The first-order valence-electron chi connectivity index (χ1n) is 4.89. The number of aryl methyl sites for hydroxylation is 1. The van der Waals surface area contributed by atoms with E-state index in [1.165, 1.54) is 10.9 Å². The van der Waals surface area contributed by atoms with Gasteiger partial charge in [-0.05, 0) is 30.7 Å². The second kappa shape index (κ2) is 3.39. The fourth-order valence-corrected chi connectivity index (χ4v) is 1.68. The molecule has 0 aliphatic heterocycles. The molecule has 76 valence electrons. The summed E-state index contributed by atoms with van der Waals surface area (Å²) in [6, 6.07) is 8.11. The minimum Gasteiger partial charge on any atom is -0.351 e. The van der Waals surface area contributed by atoms with Crippen LogP contribution >= 0.6 is 0 Å². The van der Waals surface area contributed by atoms with E-state index in [2.05, 4.69) is 17.2 Å². The van der Waals surface area contributed by atoms with Crippen molar-refractivity contribution in [2.75, 3.05) is 0 Å². The molecule has 1 N–H and O–H groups in total. The first kappa shape index (κ1) is 9.71. The topological polar surface area (TPSA) is 28.8 Å². The Morgan fingerprint density at radius 3 is 2.73 bits per heavy atom. The van der Waals surface area contributed by atoms with Crippen molar-refractivity contribution in [3.8, 4) is 0 Å². The van der Waals surface area contributed by atoms with Crippen LogP contribution in [0.1, 0.15) is 12.5 Å². The minimum absolute atomic E-state index is 0.515. The van der Waals surface area contributed by atoms with Gasteiger partial charge < -0.3 is 9.98 Å². The van der Waals surface area contributed by atoms with Crippen molar-refractivity contribution < 1.29 is 0 Å². The Hall–Kier alpha value is -1.83. The third kappa shape index (κ3) is 1.59. The van der Waals surface area contributed by atoms with Gasteiger partial charge in [0.25, 0.3) is 0 Å². The van der Waals surface area contributed by atoms with Gasteiger partial charge in [0.15, 0.2) is 0 Å². The molecule has 2 rings (SSSR count). The summed E-state index contributed by atoms with van der Waals surface area (Å²) in [5.74, 6) is 0. The van der Waals surface area contributed by atoms with Gasteiger partial charge in [0.1, 0.15) is 0 Å². The highest BCUT2D eigenvalue weighted by atomic mass is 14.9. The Balaban J connectivity index is 2.57. The Labute approximate surface area is 89.4 Å². The molecule has 2 heteroatoms. The van der Waals surface area contributed by atoms with E-state index in [0.29, 0.717) is 5.71 Å². The van der Waals surface area contributed by atoms with Crippen molar-refractivity contribution in [2.45, 2.75) is 6.92 Å². The number of hydrogen-bond acceptors (Lipinski definition) is 1. The summed E-state index contributed by atoms with van der Waals surface area (Å²) in [6.45, 7) is 5.65. The zero-order chi connectivity index (χ0) is 11.0. The van der Waals surface area contributed by atoms with Crippen LogP contribution in [-0.4, -0.2) is 10.3 Å². The predicted octanol–water partition coefficient (Wildman–Crippen LogP) is 3.12. The normalized spacial score (nSPS) is 10.5. The van der Waals surface area contributed by atoms with Crippen LogP contribution in [0.3, 0.4) is 0 Å². The van der Waals surface area contributed by atoms with E-state index in [1.807, 2.05) is 38.4 Å². The van der Waals surface area contributed by atoms with Gasteiger partial charge in [-0.3, -0.25) is 0 Å². The van der Waals surface area contributed by atoms with Crippen LogP contribution in [-0.2, 0) is 7.05 Å². The van der Waals surface area contributed by atoms with Crippen molar-refractivity contribution in [1.29, 1.82) is 5.41 Å². The lowest BCUT2D eigenvalue weighted by molar-refractivity contribution is 0.969. The number of nitrogens with zero attached hydrogens (tertiary/aromatic N) is 1. The molecule has 1 aromatic heterocycles. The molecule has 0 unspecified atom stereocenters. The predicted molar refractivity (Wildman–Crippen MR) is 64.6 cm³/mol. The first-order chi connectivity index (χ1) is 7.09. The maximum Gasteiger partial charge on any atom is 0.0635 e. The Kier molecular flexibility index (Phi) is 2.19. The number of allylic oxidation sites excluding steroid dienone is 1. The lowest BCUT2D eigenvalue weighted by atomic mass is 10.0. The highest BCUT2D eigenvalue weighted by molar-refractivity contribution is 6.11. The number of rotatable bonds is 2. The van der Waals surface area contributed by atoms with Gasteiger partial charge in [-0.15, -0.1) is 0 Å². The molecule has 0 spiro atoms. The standard InChI is InChI=1S/C13H14N2/c1-9(2)13(14)11-4-5-12-10(8-11)6-7-15(12)3/h4-8,14H,1H2,2-3H3. The molecule has 0 fully saturated rings. The van der Waals surface area contributed by atoms with Gasteiger partial charge in [0.2, 0.25) is 0 Å². The quantitative estimate of drug-likeness (QED) is 0.718. The number of aromatic nitrogens is 1. The Morgan fingerprint density at radius 2 is 2.07 bits per heavy atom. The van der Waals surface area contributed by atoms with Crippen molar-refractivity contribution in [3.05, 3.63) is 48.2 Å². The van der Waals surface area contributed by atoms with Crippen molar-refractivity contribution in [1.82, 2.24) is 4.57 Å². The molecule has 0 aliphatic rings. The molecule has 2 aromatic rings. The van der Waals surface area contributed by atoms with Crippen molar-refractivity contribution in [2.24, 2.45) is 7.05 Å². The van der Waals surface area contributed by atoms with E-state index >= 15 is 0 Å². The van der Waals surface area contributed by atoms with Crippen LogP contribution in [0.2, 0.25) is 0 Å². The smallest absolute Gasteiger partial charge is 0.0635 e. The van der Waals surface area contributed by atoms with E-state index in [4.69, 9.17) is 5.41 Å². The van der Waals surface area contributed by atoms with E-state index in [1.54, 1.807) is 0 Å². The van der Waals surface area contributed by atoms with Crippen LogP contribution in [0.4, 0.5) is 0 Å². The number of fused-ring (bicyclic) bond motifs is 1. The van der Waals surface area contributed by atoms with Gasteiger partial charge in [-0.25, -0.2) is 0 Å². The summed E-state index contributed by atoms with van der Waals surface area (Å²) in [7, 11) is 2.02. The van der Waals surface area contributed by atoms with Crippen LogP contribution in [0.25, 0.3) is 10.9 Å². The average Bonchev–Trinajstić information content (AvgIpc) is 2.59. The maximum atomic E-state index is 7.86. The lowest BCUT2D eigenvalue weighted by Gasteiger charge is -2.03. The van der Waals surface area contributed by atoms with E-state index in [9.17, 15) is 0 Å². The van der Waals surface area contributed by atoms with Crippen LogP contribution < -0.4 is 0 Å². The molecule has 0 saturated heterocycles. The molecule has 0 amide bonds. The zero-order valence-electron chi connectivity index (χ0n) is 9.04.